The Labute approximate surface area is 219 Å². The van der Waals surface area contributed by atoms with Gasteiger partial charge in [-0.25, -0.2) is 4.68 Å². The van der Waals surface area contributed by atoms with Crippen molar-refractivity contribution in [2.24, 2.45) is 0 Å². The number of rotatable bonds is 9. The monoisotopic (exact) mass is 524 g/mol. The van der Waals surface area contributed by atoms with E-state index in [0.29, 0.717) is 22.9 Å². The third-order valence-corrected chi connectivity index (χ3v) is 6.38. The molecule has 3 N–H and O–H groups in total. The van der Waals surface area contributed by atoms with Crippen LogP contribution in [0.4, 0.5) is 0 Å². The Morgan fingerprint density at radius 1 is 1.19 bits per heavy atom. The first kappa shape index (κ1) is 26.4. The lowest BCUT2D eigenvalue weighted by atomic mass is 10.0. The van der Waals surface area contributed by atoms with Gasteiger partial charge in [0.2, 0.25) is 0 Å². The smallest absolute Gasteiger partial charge is 0.255 e. The Morgan fingerprint density at radius 2 is 2.00 bits per heavy atom. The molecule has 1 unspecified atom stereocenters. The lowest BCUT2D eigenvalue weighted by molar-refractivity contribution is -0.153. The number of hydrogen-bond acceptors (Lipinski definition) is 6. The van der Waals surface area contributed by atoms with E-state index in [1.165, 1.54) is 4.90 Å². The van der Waals surface area contributed by atoms with Gasteiger partial charge in [-0.2, -0.15) is 5.10 Å². The molecule has 2 aromatic carbocycles. The summed E-state index contributed by atoms with van der Waals surface area (Å²) in [5.41, 5.74) is 2.21. The molecule has 9 nitrogen and oxygen atoms in total. The second-order valence-corrected chi connectivity index (χ2v) is 9.09. The first-order valence-corrected chi connectivity index (χ1v) is 12.3. The number of hydrogen-bond donors (Lipinski definition) is 3. The third kappa shape index (κ3) is 5.85. The summed E-state index contributed by atoms with van der Waals surface area (Å²) in [4.78, 5) is 27.2. The number of halogens is 1. The van der Waals surface area contributed by atoms with E-state index in [0.717, 1.165) is 11.3 Å². The Morgan fingerprint density at radius 3 is 2.70 bits per heavy atom. The summed E-state index contributed by atoms with van der Waals surface area (Å²) in [5.74, 6) is -1.05. The Balaban J connectivity index is 1.43. The molecule has 37 heavy (non-hydrogen) atoms. The van der Waals surface area contributed by atoms with E-state index in [9.17, 15) is 19.8 Å². The van der Waals surface area contributed by atoms with Crippen molar-refractivity contribution < 1.29 is 24.5 Å². The van der Waals surface area contributed by atoms with Crippen molar-refractivity contribution in [2.45, 2.75) is 38.1 Å². The minimum atomic E-state index is -1.95. The van der Waals surface area contributed by atoms with Gasteiger partial charge in [0.1, 0.15) is 11.4 Å². The van der Waals surface area contributed by atoms with Gasteiger partial charge < -0.3 is 25.2 Å². The first-order valence-electron chi connectivity index (χ1n) is 12.0. The van der Waals surface area contributed by atoms with Crippen molar-refractivity contribution in [3.05, 3.63) is 89.2 Å². The molecule has 194 valence electrons. The maximum atomic E-state index is 13.0. The molecule has 3 aromatic rings. The van der Waals surface area contributed by atoms with Crippen molar-refractivity contribution in [1.29, 1.82) is 0 Å². The molecule has 2 heterocycles. The summed E-state index contributed by atoms with van der Waals surface area (Å²) in [6.45, 7) is 4.27. The topological polar surface area (TPSA) is 117 Å². The number of aliphatic hydroxyl groups is 2. The average Bonchev–Trinajstić information content (AvgIpc) is 3.60. The number of carbonyl (C=O) groups is 2. The summed E-state index contributed by atoms with van der Waals surface area (Å²) in [6.07, 6.45) is 3.17. The van der Waals surface area contributed by atoms with Crippen LogP contribution in [-0.4, -0.2) is 62.1 Å². The highest BCUT2D eigenvalue weighted by molar-refractivity contribution is 6.30. The van der Waals surface area contributed by atoms with Crippen LogP contribution < -0.4 is 10.1 Å². The van der Waals surface area contributed by atoms with Crippen LogP contribution in [0.2, 0.25) is 5.02 Å². The standard InChI is InChI=1S/C27H29ClN4O5/c1-3-37-23-16-18(10-11-22(23)32-14-6-12-29-32)17(2)30-26(35)24(33)25(34)27(36)31-13-5-9-21(31)19-7-4-8-20(28)15-19/h4-12,14-17,21,24-25,33-34H,3,13H2,1-2H3,(H,30,35)/t17-,21?,24-,25-/m1/s1. The molecule has 0 spiro atoms. The van der Waals surface area contributed by atoms with Crippen molar-refractivity contribution in [1.82, 2.24) is 20.0 Å². The van der Waals surface area contributed by atoms with E-state index >= 15 is 0 Å². The van der Waals surface area contributed by atoms with Gasteiger partial charge in [-0.15, -0.1) is 0 Å². The zero-order chi connectivity index (χ0) is 26.5. The van der Waals surface area contributed by atoms with Crippen LogP contribution in [0, 0.1) is 0 Å². The Hall–Kier alpha value is -3.66. The highest BCUT2D eigenvalue weighted by Gasteiger charge is 2.37. The van der Waals surface area contributed by atoms with E-state index in [1.807, 2.05) is 31.2 Å². The number of aliphatic hydroxyl groups excluding tert-OH is 2. The molecule has 10 heteroatoms. The van der Waals surface area contributed by atoms with Gasteiger partial charge in [0, 0.05) is 24.0 Å². The molecule has 0 radical (unpaired) electrons. The van der Waals surface area contributed by atoms with Crippen LogP contribution in [0.15, 0.2) is 73.1 Å². The number of amides is 2. The van der Waals surface area contributed by atoms with Gasteiger partial charge in [-0.05, 0) is 55.3 Å². The van der Waals surface area contributed by atoms with Gasteiger partial charge in [0.15, 0.2) is 12.2 Å². The van der Waals surface area contributed by atoms with E-state index in [4.69, 9.17) is 16.3 Å². The van der Waals surface area contributed by atoms with Crippen molar-refractivity contribution in [3.63, 3.8) is 0 Å². The largest absolute Gasteiger partial charge is 0.492 e. The van der Waals surface area contributed by atoms with E-state index in [-0.39, 0.29) is 6.54 Å². The van der Waals surface area contributed by atoms with Gasteiger partial charge in [-0.1, -0.05) is 42.0 Å². The van der Waals surface area contributed by atoms with Gasteiger partial charge in [0.05, 0.1) is 18.7 Å². The number of nitrogens with zero attached hydrogens (tertiary/aromatic N) is 3. The minimum absolute atomic E-state index is 0.237. The SMILES string of the molecule is CCOc1cc([C@@H](C)NC(=O)[C@H](O)[C@@H](O)C(=O)N2CC=CC2c2cccc(Cl)c2)ccc1-n1cccn1. The maximum absolute atomic E-state index is 13.0. The minimum Gasteiger partial charge on any atom is -0.492 e. The molecule has 0 aliphatic carbocycles. The summed E-state index contributed by atoms with van der Waals surface area (Å²) in [5, 5.41) is 28.5. The quantitative estimate of drug-likeness (QED) is 0.371. The lowest BCUT2D eigenvalue weighted by Gasteiger charge is -2.29. The summed E-state index contributed by atoms with van der Waals surface area (Å²) >= 11 is 6.08. The number of nitrogens with one attached hydrogen (secondary N) is 1. The number of carbonyl (C=O) groups excluding carboxylic acids is 2. The molecule has 2 amide bonds. The van der Waals surface area contributed by atoms with Gasteiger partial charge >= 0.3 is 0 Å². The van der Waals surface area contributed by atoms with Crippen LogP contribution in [-0.2, 0) is 9.59 Å². The zero-order valence-corrected chi connectivity index (χ0v) is 21.2. The van der Waals surface area contributed by atoms with Crippen molar-refractivity contribution in [3.8, 4) is 11.4 Å². The predicted molar refractivity (Wildman–Crippen MR) is 138 cm³/mol. The molecular formula is C27H29ClN4O5. The highest BCUT2D eigenvalue weighted by Crippen LogP contribution is 2.30. The zero-order valence-electron chi connectivity index (χ0n) is 20.5. The molecule has 0 saturated carbocycles. The normalized spacial score (nSPS) is 17.3. The molecule has 0 bridgehead atoms. The fourth-order valence-corrected chi connectivity index (χ4v) is 4.43. The first-order chi connectivity index (χ1) is 17.8. The van der Waals surface area contributed by atoms with Gasteiger partial charge in [-0.3, -0.25) is 9.59 Å². The predicted octanol–water partition coefficient (Wildman–Crippen LogP) is 2.96. The fraction of sp³-hybridized carbons (Fsp3) is 0.296. The lowest BCUT2D eigenvalue weighted by Crippen LogP contribution is -2.51. The molecule has 1 aliphatic rings. The number of ether oxygens (including phenoxy) is 1. The van der Waals surface area contributed by atoms with E-state index in [2.05, 4.69) is 10.4 Å². The molecule has 0 saturated heterocycles. The summed E-state index contributed by atoms with van der Waals surface area (Å²) in [7, 11) is 0. The maximum Gasteiger partial charge on any atom is 0.255 e. The molecule has 4 atom stereocenters. The molecular weight excluding hydrogens is 496 g/mol. The van der Waals surface area contributed by atoms with Crippen LogP contribution in [0.5, 0.6) is 5.75 Å². The van der Waals surface area contributed by atoms with Crippen LogP contribution >= 0.6 is 11.6 Å². The van der Waals surface area contributed by atoms with E-state index < -0.39 is 36.1 Å². The van der Waals surface area contributed by atoms with Crippen LogP contribution in [0.25, 0.3) is 5.69 Å². The number of benzene rings is 2. The summed E-state index contributed by atoms with van der Waals surface area (Å²) < 4.78 is 7.43. The Kier molecular flexibility index (Phi) is 8.27. The fourth-order valence-electron chi connectivity index (χ4n) is 4.23. The van der Waals surface area contributed by atoms with Gasteiger partial charge in [0.25, 0.3) is 11.8 Å². The molecule has 1 aromatic heterocycles. The Bertz CT molecular complexity index is 1280. The van der Waals surface area contributed by atoms with Crippen LogP contribution in [0.3, 0.4) is 0 Å². The van der Waals surface area contributed by atoms with E-state index in [1.54, 1.807) is 60.4 Å². The number of aromatic nitrogens is 2. The summed E-state index contributed by atoms with van der Waals surface area (Å²) in [6, 6.07) is 13.3. The van der Waals surface area contributed by atoms with Crippen molar-refractivity contribution >= 4 is 23.4 Å². The second-order valence-electron chi connectivity index (χ2n) is 8.65. The average molecular weight is 525 g/mol. The highest BCUT2D eigenvalue weighted by atomic mass is 35.5. The van der Waals surface area contributed by atoms with Crippen molar-refractivity contribution in [2.75, 3.05) is 13.2 Å². The van der Waals surface area contributed by atoms with Crippen LogP contribution in [0.1, 0.15) is 37.1 Å². The molecule has 0 fully saturated rings. The second kappa shape index (κ2) is 11.6. The third-order valence-electron chi connectivity index (χ3n) is 6.14. The molecule has 4 rings (SSSR count). The molecule has 1 aliphatic heterocycles.